The van der Waals surface area contributed by atoms with Crippen LogP contribution in [0.2, 0.25) is 0 Å². The van der Waals surface area contributed by atoms with Crippen molar-refractivity contribution in [3.8, 4) is 17.5 Å². The largest absolute Gasteiger partial charge is 0.324 e. The first-order valence-corrected chi connectivity index (χ1v) is 8.69. The molecule has 0 aliphatic carbocycles. The number of imidazole rings is 1. The maximum Gasteiger partial charge on any atom is 0.142 e. The van der Waals surface area contributed by atoms with Gasteiger partial charge in [-0.2, -0.15) is 5.26 Å². The number of aromatic nitrogens is 2. The van der Waals surface area contributed by atoms with Crippen LogP contribution in [0, 0.1) is 20.1 Å². The van der Waals surface area contributed by atoms with E-state index in [9.17, 15) is 0 Å². The topological polar surface area (TPSA) is 41.6 Å². The third-order valence-corrected chi connectivity index (χ3v) is 5.04. The highest BCUT2D eigenvalue weighted by Gasteiger charge is 2.15. The first-order chi connectivity index (χ1) is 10.1. The Balaban J connectivity index is 2.24. The van der Waals surface area contributed by atoms with Crippen LogP contribution < -0.4 is 0 Å². The number of hydrogen-bond acceptors (Lipinski definition) is 3. The van der Waals surface area contributed by atoms with E-state index >= 15 is 0 Å². The lowest BCUT2D eigenvalue weighted by Gasteiger charge is -2.11. The molecule has 5 heteroatoms. The Labute approximate surface area is 141 Å². The van der Waals surface area contributed by atoms with E-state index in [0.717, 1.165) is 29.0 Å². The minimum atomic E-state index is 0.537. The van der Waals surface area contributed by atoms with Crippen molar-refractivity contribution < 1.29 is 0 Å². The zero-order chi connectivity index (χ0) is 15.0. The van der Waals surface area contributed by atoms with E-state index in [0.29, 0.717) is 11.5 Å². The average molecular weight is 407 g/mol. The number of nitrogens with zero attached hydrogens (tertiary/aromatic N) is 3. The molecule has 0 saturated carbocycles. The summed E-state index contributed by atoms with van der Waals surface area (Å²) < 4.78 is 3.52. The van der Waals surface area contributed by atoms with Crippen LogP contribution in [-0.4, -0.2) is 9.55 Å². The summed E-state index contributed by atoms with van der Waals surface area (Å²) in [4.78, 5) is 4.77. The predicted octanol–water partition coefficient (Wildman–Crippen LogP) is 4.90. The van der Waals surface area contributed by atoms with E-state index in [4.69, 9.17) is 10.2 Å². The smallest absolute Gasteiger partial charge is 0.142 e. The lowest BCUT2D eigenvalue weighted by Crippen LogP contribution is -2.05. The quantitative estimate of drug-likeness (QED) is 0.580. The number of halogens is 1. The van der Waals surface area contributed by atoms with Gasteiger partial charge in [0.05, 0.1) is 25.5 Å². The van der Waals surface area contributed by atoms with Gasteiger partial charge in [0.2, 0.25) is 0 Å². The highest BCUT2D eigenvalue weighted by atomic mass is 127. The van der Waals surface area contributed by atoms with Gasteiger partial charge in [-0.1, -0.05) is 13.8 Å². The van der Waals surface area contributed by atoms with Crippen LogP contribution >= 0.6 is 33.9 Å². The predicted molar refractivity (Wildman–Crippen MR) is 95.3 cm³/mol. The molecule has 0 N–H and O–H groups in total. The second-order valence-corrected chi connectivity index (χ2v) is 8.20. The molecule has 21 heavy (non-hydrogen) atoms. The molecular formula is C16H14IN3S. The lowest BCUT2D eigenvalue weighted by molar-refractivity contribution is 0.536. The molecule has 0 spiro atoms. The second-order valence-electron chi connectivity index (χ2n) is 5.39. The Morgan fingerprint density at radius 2 is 2.19 bits per heavy atom. The summed E-state index contributed by atoms with van der Waals surface area (Å²) >= 11 is 4.06. The highest BCUT2D eigenvalue weighted by Crippen LogP contribution is 2.30. The molecule has 2 aromatic heterocycles. The molecule has 106 valence electrons. The minimum Gasteiger partial charge on any atom is -0.324 e. The Morgan fingerprint density at radius 1 is 1.38 bits per heavy atom. The number of hydrogen-bond donors (Lipinski definition) is 0. The average Bonchev–Trinajstić information content (AvgIpc) is 3.02. The van der Waals surface area contributed by atoms with Gasteiger partial charge in [0.1, 0.15) is 5.82 Å². The normalized spacial score (nSPS) is 11.2. The van der Waals surface area contributed by atoms with Crippen molar-refractivity contribution in [2.45, 2.75) is 20.4 Å². The molecule has 0 radical (unpaired) electrons. The van der Waals surface area contributed by atoms with Gasteiger partial charge >= 0.3 is 0 Å². The molecule has 0 fully saturated rings. The van der Waals surface area contributed by atoms with E-state index in [1.807, 2.05) is 18.2 Å². The Hall–Kier alpha value is -1.39. The van der Waals surface area contributed by atoms with Crippen molar-refractivity contribution in [1.82, 2.24) is 9.55 Å². The van der Waals surface area contributed by atoms with Gasteiger partial charge in [0.15, 0.2) is 0 Å². The standard InChI is InChI=1S/C16H14IN3S/c1-10(2)8-20-14-4-3-11(7-18)5-13(14)19-16(20)12-6-15(17)21-9-12/h3-6,9-10H,8H2,1-2H3. The van der Waals surface area contributed by atoms with E-state index in [1.165, 1.54) is 2.88 Å². The van der Waals surface area contributed by atoms with Crippen LogP contribution in [-0.2, 0) is 6.54 Å². The van der Waals surface area contributed by atoms with Crippen LogP contribution in [0.1, 0.15) is 19.4 Å². The lowest BCUT2D eigenvalue weighted by atomic mass is 10.2. The van der Waals surface area contributed by atoms with Crippen molar-refractivity contribution in [3.05, 3.63) is 38.1 Å². The molecule has 0 unspecified atom stereocenters. The molecular weight excluding hydrogens is 393 g/mol. The summed E-state index contributed by atoms with van der Waals surface area (Å²) in [6, 6.07) is 10.1. The van der Waals surface area contributed by atoms with Crippen LogP contribution in [0.4, 0.5) is 0 Å². The summed E-state index contributed by atoms with van der Waals surface area (Å²) in [6.45, 7) is 5.33. The molecule has 3 rings (SSSR count). The fourth-order valence-corrected chi connectivity index (χ4v) is 3.72. The van der Waals surface area contributed by atoms with Crippen LogP contribution in [0.15, 0.2) is 29.6 Å². The van der Waals surface area contributed by atoms with Gasteiger partial charge in [0, 0.05) is 17.5 Å². The fraction of sp³-hybridized carbons (Fsp3) is 0.250. The van der Waals surface area contributed by atoms with Crippen molar-refractivity contribution >= 4 is 45.0 Å². The third-order valence-electron chi connectivity index (χ3n) is 3.25. The molecule has 3 nitrogen and oxygen atoms in total. The molecule has 3 aromatic rings. The summed E-state index contributed by atoms with van der Waals surface area (Å²) in [6.07, 6.45) is 0. The minimum absolute atomic E-state index is 0.537. The number of thiophene rings is 1. The van der Waals surface area contributed by atoms with Crippen molar-refractivity contribution in [2.75, 3.05) is 0 Å². The van der Waals surface area contributed by atoms with Gasteiger partial charge in [-0.3, -0.25) is 0 Å². The number of rotatable bonds is 3. The van der Waals surface area contributed by atoms with E-state index in [1.54, 1.807) is 11.3 Å². The first kappa shape index (κ1) is 14.5. The van der Waals surface area contributed by atoms with E-state index in [2.05, 4.69) is 58.5 Å². The first-order valence-electron chi connectivity index (χ1n) is 6.73. The molecule has 0 aliphatic rings. The Bertz CT molecular complexity index is 839. The third kappa shape index (κ3) is 2.83. The molecule has 0 saturated heterocycles. The molecule has 0 atom stereocenters. The molecule has 0 bridgehead atoms. The van der Waals surface area contributed by atoms with E-state index in [-0.39, 0.29) is 0 Å². The van der Waals surface area contributed by atoms with Gasteiger partial charge in [-0.25, -0.2) is 4.98 Å². The number of nitriles is 1. The highest BCUT2D eigenvalue weighted by molar-refractivity contribution is 14.1. The summed E-state index contributed by atoms with van der Waals surface area (Å²) in [5.74, 6) is 1.53. The summed E-state index contributed by atoms with van der Waals surface area (Å²) in [5, 5.41) is 11.2. The maximum absolute atomic E-state index is 9.06. The van der Waals surface area contributed by atoms with Gasteiger partial charge in [0.25, 0.3) is 0 Å². The SMILES string of the molecule is CC(C)Cn1c(-c2csc(I)c2)nc2cc(C#N)ccc21. The molecule has 0 amide bonds. The monoisotopic (exact) mass is 407 g/mol. The maximum atomic E-state index is 9.06. The van der Waals surface area contributed by atoms with Gasteiger partial charge in [-0.15, -0.1) is 11.3 Å². The van der Waals surface area contributed by atoms with Crippen LogP contribution in [0.3, 0.4) is 0 Å². The van der Waals surface area contributed by atoms with Crippen molar-refractivity contribution in [3.63, 3.8) is 0 Å². The summed E-state index contributed by atoms with van der Waals surface area (Å²) in [5.41, 5.74) is 3.80. The van der Waals surface area contributed by atoms with Crippen molar-refractivity contribution in [1.29, 1.82) is 5.26 Å². The molecule has 1 aromatic carbocycles. The summed E-state index contributed by atoms with van der Waals surface area (Å²) in [7, 11) is 0. The fourth-order valence-electron chi connectivity index (χ4n) is 2.40. The van der Waals surface area contributed by atoms with E-state index < -0.39 is 0 Å². The Kier molecular flexibility index (Phi) is 4.00. The Morgan fingerprint density at radius 3 is 2.81 bits per heavy atom. The molecule has 2 heterocycles. The number of fused-ring (bicyclic) bond motifs is 1. The second kappa shape index (κ2) is 5.78. The number of benzene rings is 1. The molecule has 0 aliphatic heterocycles. The van der Waals surface area contributed by atoms with Crippen molar-refractivity contribution in [2.24, 2.45) is 5.92 Å². The van der Waals surface area contributed by atoms with Gasteiger partial charge in [-0.05, 0) is 52.8 Å². The van der Waals surface area contributed by atoms with Gasteiger partial charge < -0.3 is 4.57 Å². The van der Waals surface area contributed by atoms with Crippen LogP contribution in [0.5, 0.6) is 0 Å². The zero-order valence-electron chi connectivity index (χ0n) is 11.8. The zero-order valence-corrected chi connectivity index (χ0v) is 14.8. The van der Waals surface area contributed by atoms with Crippen LogP contribution in [0.25, 0.3) is 22.4 Å².